The van der Waals surface area contributed by atoms with Gasteiger partial charge in [-0.1, -0.05) is 6.07 Å². The van der Waals surface area contributed by atoms with Crippen molar-refractivity contribution >= 4 is 29.8 Å². The Kier molecular flexibility index (Phi) is 4.39. The maximum atomic E-state index is 10.3. The molecular formula is C10H12OS2. The van der Waals surface area contributed by atoms with E-state index >= 15 is 0 Å². The van der Waals surface area contributed by atoms with Gasteiger partial charge in [-0.2, -0.15) is 0 Å². The van der Waals surface area contributed by atoms with E-state index < -0.39 is 0 Å². The highest BCUT2D eigenvalue weighted by Crippen LogP contribution is 2.28. The number of hydrogen-bond donors (Lipinski definition) is 0. The van der Waals surface area contributed by atoms with Crippen LogP contribution in [0.1, 0.15) is 5.56 Å². The van der Waals surface area contributed by atoms with E-state index in [-0.39, 0.29) is 0 Å². The second kappa shape index (κ2) is 5.35. The Balaban J connectivity index is 2.98. The normalized spacial score (nSPS) is 10.0. The molecule has 0 bridgehead atoms. The van der Waals surface area contributed by atoms with Gasteiger partial charge in [0.2, 0.25) is 0 Å². The highest BCUT2D eigenvalue weighted by molar-refractivity contribution is 8.01. The number of aldehydes is 1. The lowest BCUT2D eigenvalue weighted by Crippen LogP contribution is -1.87. The lowest BCUT2D eigenvalue weighted by atomic mass is 10.2. The third-order valence-corrected chi connectivity index (χ3v) is 3.47. The van der Waals surface area contributed by atoms with Crippen LogP contribution in [0.25, 0.3) is 0 Å². The van der Waals surface area contributed by atoms with Crippen LogP contribution in [0.5, 0.6) is 0 Å². The van der Waals surface area contributed by atoms with Crippen LogP contribution < -0.4 is 0 Å². The Labute approximate surface area is 87.3 Å². The zero-order chi connectivity index (χ0) is 9.68. The molecule has 0 saturated carbocycles. The molecule has 0 N–H and O–H groups in total. The summed E-state index contributed by atoms with van der Waals surface area (Å²) < 4.78 is 0. The summed E-state index contributed by atoms with van der Waals surface area (Å²) in [6, 6.07) is 6.18. The summed E-state index contributed by atoms with van der Waals surface area (Å²) in [5.74, 6) is 0. The molecule has 0 aromatic heterocycles. The molecule has 1 rings (SSSR count). The Morgan fingerprint density at radius 2 is 1.92 bits per heavy atom. The first-order valence-corrected chi connectivity index (χ1v) is 6.41. The van der Waals surface area contributed by atoms with Crippen molar-refractivity contribution in [3.63, 3.8) is 0 Å². The van der Waals surface area contributed by atoms with Gasteiger partial charge in [-0.05, 0) is 30.2 Å². The van der Waals surface area contributed by atoms with Crippen LogP contribution in [0.4, 0.5) is 0 Å². The number of carbonyl (C=O) groups is 1. The molecule has 1 aromatic carbocycles. The van der Waals surface area contributed by atoms with Gasteiger partial charge in [0.15, 0.2) is 0 Å². The molecule has 0 unspecified atom stereocenters. The summed E-state index contributed by atoms with van der Waals surface area (Å²) in [4.78, 5) is 12.9. The highest BCUT2D eigenvalue weighted by atomic mass is 32.2. The summed E-state index contributed by atoms with van der Waals surface area (Å²) in [6.45, 7) is 0. The molecule has 13 heavy (non-hydrogen) atoms. The van der Waals surface area contributed by atoms with Crippen molar-refractivity contribution < 1.29 is 4.79 Å². The minimum atomic E-state index is 0.516. The molecular weight excluding hydrogens is 200 g/mol. The van der Waals surface area contributed by atoms with Gasteiger partial charge in [0.25, 0.3) is 0 Å². The average molecular weight is 212 g/mol. The van der Waals surface area contributed by atoms with Crippen LogP contribution in [-0.2, 0) is 11.2 Å². The van der Waals surface area contributed by atoms with E-state index in [1.165, 1.54) is 9.79 Å². The van der Waals surface area contributed by atoms with Crippen LogP contribution in [-0.4, -0.2) is 18.8 Å². The Morgan fingerprint density at radius 1 is 1.23 bits per heavy atom. The van der Waals surface area contributed by atoms with Crippen LogP contribution >= 0.6 is 23.5 Å². The highest BCUT2D eigenvalue weighted by Gasteiger charge is 2.01. The fourth-order valence-corrected chi connectivity index (χ4v) is 2.61. The van der Waals surface area contributed by atoms with E-state index in [4.69, 9.17) is 0 Å². The summed E-state index contributed by atoms with van der Waals surface area (Å²) in [6.07, 6.45) is 5.58. The summed E-state index contributed by atoms with van der Waals surface area (Å²) in [5.41, 5.74) is 1.09. The zero-order valence-electron chi connectivity index (χ0n) is 7.74. The van der Waals surface area contributed by atoms with Crippen molar-refractivity contribution in [2.24, 2.45) is 0 Å². The lowest BCUT2D eigenvalue weighted by molar-refractivity contribution is -0.107. The molecule has 0 fully saturated rings. The van der Waals surface area contributed by atoms with Crippen LogP contribution in [0.15, 0.2) is 28.0 Å². The van der Waals surface area contributed by atoms with E-state index in [1.807, 2.05) is 6.07 Å². The maximum Gasteiger partial charge on any atom is 0.124 e. The van der Waals surface area contributed by atoms with Gasteiger partial charge in [0.05, 0.1) is 0 Å². The van der Waals surface area contributed by atoms with Gasteiger partial charge >= 0.3 is 0 Å². The smallest absolute Gasteiger partial charge is 0.124 e. The largest absolute Gasteiger partial charge is 0.303 e. The maximum absolute atomic E-state index is 10.3. The molecule has 0 heterocycles. The third kappa shape index (κ3) is 2.78. The fourth-order valence-electron chi connectivity index (χ4n) is 1.10. The van der Waals surface area contributed by atoms with Gasteiger partial charge < -0.3 is 4.79 Å². The predicted molar refractivity (Wildman–Crippen MR) is 59.8 cm³/mol. The number of thioether (sulfide) groups is 2. The molecule has 0 atom stereocenters. The van der Waals surface area contributed by atoms with Crippen molar-refractivity contribution in [3.8, 4) is 0 Å². The molecule has 0 aliphatic rings. The van der Waals surface area contributed by atoms with Crippen LogP contribution in [0, 0.1) is 0 Å². The number of carbonyl (C=O) groups excluding carboxylic acids is 1. The van der Waals surface area contributed by atoms with Crippen molar-refractivity contribution in [2.45, 2.75) is 16.2 Å². The molecule has 3 heteroatoms. The van der Waals surface area contributed by atoms with Crippen molar-refractivity contribution in [1.82, 2.24) is 0 Å². The first-order chi connectivity index (χ1) is 6.31. The number of rotatable bonds is 4. The average Bonchev–Trinajstić information content (AvgIpc) is 2.18. The molecule has 0 amide bonds. The summed E-state index contributed by atoms with van der Waals surface area (Å²) in [5, 5.41) is 0. The molecule has 0 radical (unpaired) electrons. The van der Waals surface area contributed by atoms with Crippen LogP contribution in [0.2, 0.25) is 0 Å². The van der Waals surface area contributed by atoms with Crippen molar-refractivity contribution in [2.75, 3.05) is 12.5 Å². The first-order valence-electron chi connectivity index (χ1n) is 3.96. The molecule has 1 nitrogen and oxygen atoms in total. The summed E-state index contributed by atoms with van der Waals surface area (Å²) >= 11 is 3.46. The van der Waals surface area contributed by atoms with E-state index in [0.29, 0.717) is 6.42 Å². The van der Waals surface area contributed by atoms with Crippen LogP contribution in [0.3, 0.4) is 0 Å². The topological polar surface area (TPSA) is 17.1 Å². The zero-order valence-corrected chi connectivity index (χ0v) is 9.37. The Morgan fingerprint density at radius 3 is 2.46 bits per heavy atom. The lowest BCUT2D eigenvalue weighted by Gasteiger charge is -2.05. The molecule has 0 saturated heterocycles. The predicted octanol–water partition coefficient (Wildman–Crippen LogP) is 2.87. The summed E-state index contributed by atoms with van der Waals surface area (Å²) in [7, 11) is 0. The molecule has 0 aliphatic heterocycles. The Bertz CT molecular complexity index is 297. The van der Waals surface area contributed by atoms with Crippen molar-refractivity contribution in [3.05, 3.63) is 23.8 Å². The quantitative estimate of drug-likeness (QED) is 0.564. The monoisotopic (exact) mass is 212 g/mol. The third-order valence-electron chi connectivity index (χ3n) is 1.77. The van der Waals surface area contributed by atoms with Gasteiger partial charge in [0.1, 0.15) is 6.29 Å². The van der Waals surface area contributed by atoms with E-state index in [0.717, 1.165) is 11.8 Å². The molecule has 0 spiro atoms. The molecule has 0 aliphatic carbocycles. The fraction of sp³-hybridized carbons (Fsp3) is 0.300. The SMILES string of the molecule is CSc1ccc(CC=O)cc1SC. The van der Waals surface area contributed by atoms with E-state index in [1.54, 1.807) is 23.5 Å². The van der Waals surface area contributed by atoms with Gasteiger partial charge in [-0.15, -0.1) is 23.5 Å². The van der Waals surface area contributed by atoms with Gasteiger partial charge in [0, 0.05) is 16.2 Å². The number of benzene rings is 1. The molecule has 1 aromatic rings. The van der Waals surface area contributed by atoms with Gasteiger partial charge in [-0.25, -0.2) is 0 Å². The van der Waals surface area contributed by atoms with Crippen molar-refractivity contribution in [1.29, 1.82) is 0 Å². The minimum absolute atomic E-state index is 0.516. The second-order valence-corrected chi connectivity index (χ2v) is 4.26. The minimum Gasteiger partial charge on any atom is -0.303 e. The van der Waals surface area contributed by atoms with E-state index in [2.05, 4.69) is 24.6 Å². The standard InChI is InChI=1S/C10H12OS2/c1-12-9-4-3-8(5-6-11)7-10(9)13-2/h3-4,6-7H,5H2,1-2H3. The van der Waals surface area contributed by atoms with Gasteiger partial charge in [-0.3, -0.25) is 0 Å². The molecule has 70 valence electrons. The Hall–Kier alpha value is -0.410. The number of hydrogen-bond acceptors (Lipinski definition) is 3. The first kappa shape index (κ1) is 10.7. The van der Waals surface area contributed by atoms with E-state index in [9.17, 15) is 4.79 Å². The second-order valence-electron chi connectivity index (χ2n) is 2.56.